The van der Waals surface area contributed by atoms with Crippen molar-refractivity contribution < 1.29 is 10.2 Å². The Morgan fingerprint density at radius 3 is 0.875 bits per heavy atom. The van der Waals surface area contributed by atoms with Gasteiger partial charge in [0, 0.05) is 0 Å². The van der Waals surface area contributed by atoms with Crippen molar-refractivity contribution in [3.63, 3.8) is 0 Å². The fourth-order valence-corrected chi connectivity index (χ4v) is 1.50. The SMILES string of the molecule is CCN(CC)C(C)O.CCN(CC)C(C)O. The molecular weight excluding hydrogens is 204 g/mol. The van der Waals surface area contributed by atoms with E-state index in [9.17, 15) is 0 Å². The van der Waals surface area contributed by atoms with E-state index < -0.39 is 0 Å². The van der Waals surface area contributed by atoms with E-state index in [4.69, 9.17) is 10.2 Å². The highest BCUT2D eigenvalue weighted by molar-refractivity contribution is 4.50. The number of nitrogens with zero attached hydrogens (tertiary/aromatic N) is 2. The lowest BCUT2D eigenvalue weighted by Crippen LogP contribution is -2.32. The van der Waals surface area contributed by atoms with Crippen molar-refractivity contribution in [2.24, 2.45) is 0 Å². The van der Waals surface area contributed by atoms with Crippen molar-refractivity contribution in [3.8, 4) is 0 Å². The van der Waals surface area contributed by atoms with Gasteiger partial charge in [-0.3, -0.25) is 9.80 Å². The molecule has 2 atom stereocenters. The molecule has 16 heavy (non-hydrogen) atoms. The summed E-state index contributed by atoms with van der Waals surface area (Å²) in [6, 6.07) is 0. The highest BCUT2D eigenvalue weighted by Gasteiger charge is 2.03. The third-order valence-electron chi connectivity index (χ3n) is 2.68. The third-order valence-corrected chi connectivity index (χ3v) is 2.68. The predicted octanol–water partition coefficient (Wildman–Crippen LogP) is 1.33. The maximum absolute atomic E-state index is 8.94. The maximum Gasteiger partial charge on any atom is 0.104 e. The molecule has 0 bridgehead atoms. The van der Waals surface area contributed by atoms with Crippen LogP contribution in [0.1, 0.15) is 41.5 Å². The minimum atomic E-state index is -0.287. The van der Waals surface area contributed by atoms with Crippen LogP contribution < -0.4 is 0 Å². The van der Waals surface area contributed by atoms with Crippen molar-refractivity contribution in [2.75, 3.05) is 26.2 Å². The van der Waals surface area contributed by atoms with Gasteiger partial charge in [0.2, 0.25) is 0 Å². The Bertz CT molecular complexity index is 117. The molecule has 4 nitrogen and oxygen atoms in total. The van der Waals surface area contributed by atoms with E-state index in [1.165, 1.54) is 0 Å². The lowest BCUT2D eigenvalue weighted by atomic mass is 10.5. The molecular formula is C12H30N2O2. The smallest absolute Gasteiger partial charge is 0.104 e. The second-order valence-electron chi connectivity index (χ2n) is 3.71. The molecule has 0 heterocycles. The number of hydrogen-bond acceptors (Lipinski definition) is 4. The lowest BCUT2D eigenvalue weighted by molar-refractivity contribution is 0.0262. The first-order chi connectivity index (χ1) is 7.44. The van der Waals surface area contributed by atoms with Gasteiger partial charge in [0.1, 0.15) is 12.5 Å². The van der Waals surface area contributed by atoms with E-state index in [0.29, 0.717) is 0 Å². The van der Waals surface area contributed by atoms with Crippen molar-refractivity contribution in [1.82, 2.24) is 9.80 Å². The van der Waals surface area contributed by atoms with Crippen molar-refractivity contribution >= 4 is 0 Å². The van der Waals surface area contributed by atoms with Crippen LogP contribution in [0.2, 0.25) is 0 Å². The molecule has 0 aliphatic carbocycles. The fraction of sp³-hybridized carbons (Fsp3) is 1.00. The summed E-state index contributed by atoms with van der Waals surface area (Å²) < 4.78 is 0. The summed E-state index contributed by atoms with van der Waals surface area (Å²) >= 11 is 0. The van der Waals surface area contributed by atoms with Crippen molar-refractivity contribution in [3.05, 3.63) is 0 Å². The van der Waals surface area contributed by atoms with Crippen LogP contribution in [0.4, 0.5) is 0 Å². The highest BCUT2D eigenvalue weighted by Crippen LogP contribution is 1.91. The molecule has 0 aromatic rings. The summed E-state index contributed by atoms with van der Waals surface area (Å²) in [4.78, 5) is 3.94. The van der Waals surface area contributed by atoms with Crippen LogP contribution in [-0.2, 0) is 0 Å². The largest absolute Gasteiger partial charge is 0.379 e. The van der Waals surface area contributed by atoms with Gasteiger partial charge >= 0.3 is 0 Å². The first kappa shape index (κ1) is 18.2. The lowest BCUT2D eigenvalue weighted by Gasteiger charge is -2.20. The molecule has 0 amide bonds. The summed E-state index contributed by atoms with van der Waals surface area (Å²) in [6.45, 7) is 15.4. The summed E-state index contributed by atoms with van der Waals surface area (Å²) in [5.74, 6) is 0. The standard InChI is InChI=1S/2C6H15NO/c2*1-4-7(5-2)6(3)8/h2*6,8H,4-5H2,1-3H3. The number of rotatable bonds is 6. The van der Waals surface area contributed by atoms with Crippen LogP contribution in [0.15, 0.2) is 0 Å². The molecule has 0 aliphatic heterocycles. The second-order valence-corrected chi connectivity index (χ2v) is 3.71. The van der Waals surface area contributed by atoms with Gasteiger partial charge in [-0.15, -0.1) is 0 Å². The van der Waals surface area contributed by atoms with Crippen LogP contribution in [-0.4, -0.2) is 58.6 Å². The van der Waals surface area contributed by atoms with Gasteiger partial charge in [0.15, 0.2) is 0 Å². The normalized spacial score (nSPS) is 14.6. The number of aliphatic hydroxyl groups excluding tert-OH is 2. The molecule has 0 saturated carbocycles. The number of aliphatic hydroxyl groups is 2. The molecule has 4 heteroatoms. The van der Waals surface area contributed by atoms with E-state index in [0.717, 1.165) is 26.2 Å². The van der Waals surface area contributed by atoms with Crippen molar-refractivity contribution in [1.29, 1.82) is 0 Å². The van der Waals surface area contributed by atoms with Crippen LogP contribution in [0.3, 0.4) is 0 Å². The third kappa shape index (κ3) is 9.09. The molecule has 0 saturated heterocycles. The molecule has 100 valence electrons. The van der Waals surface area contributed by atoms with Gasteiger partial charge in [0.25, 0.3) is 0 Å². The Kier molecular flexibility index (Phi) is 12.9. The van der Waals surface area contributed by atoms with Gasteiger partial charge in [-0.05, 0) is 40.0 Å². The van der Waals surface area contributed by atoms with Gasteiger partial charge in [0.05, 0.1) is 0 Å². The summed E-state index contributed by atoms with van der Waals surface area (Å²) in [5.41, 5.74) is 0. The molecule has 0 aliphatic rings. The Hall–Kier alpha value is -0.160. The molecule has 0 spiro atoms. The quantitative estimate of drug-likeness (QED) is 0.681. The zero-order chi connectivity index (χ0) is 13.1. The zero-order valence-electron chi connectivity index (χ0n) is 11.8. The Balaban J connectivity index is 0. The molecule has 0 aromatic carbocycles. The Labute approximate surface area is 101 Å². The van der Waals surface area contributed by atoms with Gasteiger partial charge in [-0.2, -0.15) is 0 Å². The van der Waals surface area contributed by atoms with Crippen LogP contribution in [0, 0.1) is 0 Å². The van der Waals surface area contributed by atoms with Crippen LogP contribution in [0.5, 0.6) is 0 Å². The van der Waals surface area contributed by atoms with E-state index in [1.54, 1.807) is 13.8 Å². The maximum atomic E-state index is 8.94. The molecule has 2 N–H and O–H groups in total. The average molecular weight is 234 g/mol. The first-order valence-corrected chi connectivity index (χ1v) is 6.28. The summed E-state index contributed by atoms with van der Waals surface area (Å²) in [6.07, 6.45) is -0.574. The van der Waals surface area contributed by atoms with Gasteiger partial charge in [-0.1, -0.05) is 27.7 Å². The minimum absolute atomic E-state index is 0.287. The molecule has 2 unspecified atom stereocenters. The minimum Gasteiger partial charge on any atom is -0.379 e. The van der Waals surface area contributed by atoms with E-state index >= 15 is 0 Å². The fourth-order valence-electron chi connectivity index (χ4n) is 1.50. The summed E-state index contributed by atoms with van der Waals surface area (Å²) in [5, 5.41) is 17.9. The zero-order valence-corrected chi connectivity index (χ0v) is 11.8. The summed E-state index contributed by atoms with van der Waals surface area (Å²) in [7, 11) is 0. The average Bonchev–Trinajstić information content (AvgIpc) is 2.21. The molecule has 0 radical (unpaired) electrons. The van der Waals surface area contributed by atoms with E-state index in [2.05, 4.69) is 0 Å². The Morgan fingerprint density at radius 1 is 0.688 bits per heavy atom. The van der Waals surface area contributed by atoms with E-state index in [-0.39, 0.29) is 12.5 Å². The van der Waals surface area contributed by atoms with Crippen LogP contribution >= 0.6 is 0 Å². The predicted molar refractivity (Wildman–Crippen MR) is 69.2 cm³/mol. The van der Waals surface area contributed by atoms with E-state index in [1.807, 2.05) is 37.5 Å². The highest BCUT2D eigenvalue weighted by atomic mass is 16.3. The van der Waals surface area contributed by atoms with Gasteiger partial charge < -0.3 is 10.2 Å². The second kappa shape index (κ2) is 11.3. The monoisotopic (exact) mass is 234 g/mol. The topological polar surface area (TPSA) is 46.9 Å². The van der Waals surface area contributed by atoms with Gasteiger partial charge in [-0.25, -0.2) is 0 Å². The number of hydrogen-bond donors (Lipinski definition) is 2. The first-order valence-electron chi connectivity index (χ1n) is 6.28. The molecule has 0 rings (SSSR count). The molecule has 0 fully saturated rings. The van der Waals surface area contributed by atoms with Crippen molar-refractivity contribution in [2.45, 2.75) is 54.0 Å². The van der Waals surface area contributed by atoms with Crippen LogP contribution in [0.25, 0.3) is 0 Å². The Morgan fingerprint density at radius 2 is 0.875 bits per heavy atom. The molecule has 0 aromatic heterocycles.